The number of anilines is 2. The van der Waals surface area contributed by atoms with Crippen molar-refractivity contribution in [2.24, 2.45) is 0 Å². The van der Waals surface area contributed by atoms with Crippen molar-refractivity contribution >= 4 is 23.0 Å². The predicted octanol–water partition coefficient (Wildman–Crippen LogP) is 2.81. The van der Waals surface area contributed by atoms with E-state index >= 15 is 0 Å². The van der Waals surface area contributed by atoms with Crippen molar-refractivity contribution in [3.8, 4) is 11.5 Å². The third-order valence-electron chi connectivity index (χ3n) is 4.38. The van der Waals surface area contributed by atoms with E-state index in [0.717, 1.165) is 18.8 Å². The molecule has 0 atom stereocenters. The third kappa shape index (κ3) is 4.77. The number of amides is 1. The minimum Gasteiger partial charge on any atom is -0.492 e. The van der Waals surface area contributed by atoms with Gasteiger partial charge in [0, 0.05) is 31.3 Å². The Labute approximate surface area is 167 Å². The van der Waals surface area contributed by atoms with Crippen molar-refractivity contribution in [2.75, 3.05) is 49.7 Å². The molecule has 10 nitrogen and oxygen atoms in total. The highest BCUT2D eigenvalue weighted by Gasteiger charge is 2.21. The Kier molecular flexibility index (Phi) is 6.55. The van der Waals surface area contributed by atoms with Gasteiger partial charge in [0.2, 0.25) is 0 Å². The van der Waals surface area contributed by atoms with Crippen molar-refractivity contribution in [2.45, 2.75) is 13.8 Å². The minimum atomic E-state index is -0.566. The fraction of sp³-hybridized carbons (Fsp3) is 0.421. The summed E-state index contributed by atoms with van der Waals surface area (Å²) in [5.74, 6) is 0.595. The van der Waals surface area contributed by atoms with E-state index in [1.807, 2.05) is 19.9 Å². The van der Waals surface area contributed by atoms with Crippen molar-refractivity contribution in [1.82, 2.24) is 4.98 Å². The Hall–Kier alpha value is -3.27. The number of aromatic amines is 1. The van der Waals surface area contributed by atoms with E-state index < -0.39 is 10.8 Å². The zero-order chi connectivity index (χ0) is 20.8. The van der Waals surface area contributed by atoms with Crippen LogP contribution in [0, 0.1) is 10.1 Å². The topological polar surface area (TPSA) is 119 Å². The van der Waals surface area contributed by atoms with Gasteiger partial charge in [0.15, 0.2) is 0 Å². The van der Waals surface area contributed by atoms with Gasteiger partial charge in [0.1, 0.15) is 17.2 Å². The lowest BCUT2D eigenvalue weighted by Crippen LogP contribution is -2.36. The van der Waals surface area contributed by atoms with Crippen LogP contribution in [0.4, 0.5) is 17.1 Å². The lowest BCUT2D eigenvalue weighted by atomic mass is 10.2. The van der Waals surface area contributed by atoms with Crippen LogP contribution in [-0.2, 0) is 4.74 Å². The van der Waals surface area contributed by atoms with Gasteiger partial charge in [-0.05, 0) is 13.8 Å². The second-order valence-corrected chi connectivity index (χ2v) is 6.26. The molecule has 10 heteroatoms. The summed E-state index contributed by atoms with van der Waals surface area (Å²) in [6, 6.07) is 4.74. The summed E-state index contributed by atoms with van der Waals surface area (Å²) < 4.78 is 17.0. The van der Waals surface area contributed by atoms with Gasteiger partial charge < -0.3 is 29.4 Å². The number of nitro groups is 1. The summed E-state index contributed by atoms with van der Waals surface area (Å²) in [6.07, 6.45) is 1.17. The van der Waals surface area contributed by atoms with Crippen LogP contribution in [0.15, 0.2) is 24.4 Å². The summed E-state index contributed by atoms with van der Waals surface area (Å²) in [6.45, 7) is 7.31. The molecule has 1 aliphatic rings. The standard InChI is InChI=1S/C19H24N4O6/c1-3-28-17-11-16(22-5-7-27-8-6-22)18(29-4-2)10-14(17)21-19(24)15-9-13(12-20-15)23(25)26/h9-12,20H,3-8H2,1-2H3,(H,21,24). The summed E-state index contributed by atoms with van der Waals surface area (Å²) in [4.78, 5) is 27.6. The molecule has 0 saturated carbocycles. The maximum atomic E-state index is 12.6. The molecule has 1 fully saturated rings. The number of H-pyrrole nitrogens is 1. The lowest BCUT2D eigenvalue weighted by molar-refractivity contribution is -0.384. The molecule has 0 spiro atoms. The maximum Gasteiger partial charge on any atom is 0.287 e. The first kappa shape index (κ1) is 20.5. The van der Waals surface area contributed by atoms with E-state index in [4.69, 9.17) is 14.2 Å². The number of hydrogen-bond acceptors (Lipinski definition) is 7. The van der Waals surface area contributed by atoms with Gasteiger partial charge in [-0.2, -0.15) is 0 Å². The van der Waals surface area contributed by atoms with Gasteiger partial charge in [0.25, 0.3) is 11.6 Å². The number of aromatic nitrogens is 1. The molecular formula is C19H24N4O6. The third-order valence-corrected chi connectivity index (χ3v) is 4.38. The molecule has 0 radical (unpaired) electrons. The summed E-state index contributed by atoms with van der Waals surface area (Å²) >= 11 is 0. The molecule has 1 aliphatic heterocycles. The number of hydrogen-bond donors (Lipinski definition) is 2. The van der Waals surface area contributed by atoms with Gasteiger partial charge >= 0.3 is 0 Å². The molecule has 0 unspecified atom stereocenters. The van der Waals surface area contributed by atoms with E-state index in [9.17, 15) is 14.9 Å². The van der Waals surface area contributed by atoms with Crippen LogP contribution in [-0.4, -0.2) is 55.3 Å². The molecule has 156 valence electrons. The zero-order valence-corrected chi connectivity index (χ0v) is 16.4. The van der Waals surface area contributed by atoms with Crippen LogP contribution in [0.2, 0.25) is 0 Å². The van der Waals surface area contributed by atoms with E-state index in [1.165, 1.54) is 12.3 Å². The van der Waals surface area contributed by atoms with Crippen LogP contribution in [0.1, 0.15) is 24.3 Å². The highest BCUT2D eigenvalue weighted by Crippen LogP contribution is 2.39. The molecule has 3 rings (SSSR count). The van der Waals surface area contributed by atoms with Crippen molar-refractivity contribution in [1.29, 1.82) is 0 Å². The van der Waals surface area contributed by atoms with Crippen molar-refractivity contribution in [3.05, 3.63) is 40.2 Å². The smallest absolute Gasteiger partial charge is 0.287 e. The molecule has 1 amide bonds. The molecule has 2 heterocycles. The van der Waals surface area contributed by atoms with E-state index in [-0.39, 0.29) is 11.4 Å². The first-order valence-electron chi connectivity index (χ1n) is 9.44. The lowest BCUT2D eigenvalue weighted by Gasteiger charge is -2.31. The number of morpholine rings is 1. The summed E-state index contributed by atoms with van der Waals surface area (Å²) in [5.41, 5.74) is 1.19. The molecule has 0 bridgehead atoms. The number of carbonyl (C=O) groups is 1. The molecule has 2 aromatic rings. The number of benzene rings is 1. The van der Waals surface area contributed by atoms with Crippen molar-refractivity contribution < 1.29 is 23.9 Å². The number of carbonyl (C=O) groups excluding carboxylic acids is 1. The van der Waals surface area contributed by atoms with Crippen LogP contribution in [0.3, 0.4) is 0 Å². The van der Waals surface area contributed by atoms with Crippen molar-refractivity contribution in [3.63, 3.8) is 0 Å². The molecule has 1 aromatic carbocycles. The maximum absolute atomic E-state index is 12.6. The monoisotopic (exact) mass is 404 g/mol. The summed E-state index contributed by atoms with van der Waals surface area (Å²) in [7, 11) is 0. The Morgan fingerprint density at radius 2 is 1.90 bits per heavy atom. The number of nitrogens with zero attached hydrogens (tertiary/aromatic N) is 2. The van der Waals surface area contributed by atoms with Gasteiger partial charge in [-0.1, -0.05) is 0 Å². The number of nitrogens with one attached hydrogen (secondary N) is 2. The SMILES string of the molecule is CCOc1cc(N2CCOCC2)c(OCC)cc1NC(=O)c1cc([N+](=O)[O-])c[nH]1. The molecule has 1 saturated heterocycles. The quantitative estimate of drug-likeness (QED) is 0.513. The van der Waals surface area contributed by atoms with Gasteiger partial charge in [-0.15, -0.1) is 0 Å². The number of rotatable bonds is 8. The van der Waals surface area contributed by atoms with E-state index in [1.54, 1.807) is 6.07 Å². The van der Waals surface area contributed by atoms with Crippen LogP contribution in [0.5, 0.6) is 11.5 Å². The van der Waals surface area contributed by atoms with Gasteiger partial charge in [0.05, 0.1) is 48.9 Å². The average Bonchev–Trinajstić information content (AvgIpc) is 3.21. The number of ether oxygens (including phenoxy) is 3. The Bertz CT molecular complexity index is 876. The molecule has 1 aromatic heterocycles. The largest absolute Gasteiger partial charge is 0.492 e. The van der Waals surface area contributed by atoms with E-state index in [2.05, 4.69) is 15.2 Å². The molecule has 2 N–H and O–H groups in total. The predicted molar refractivity (Wildman–Crippen MR) is 107 cm³/mol. The second-order valence-electron chi connectivity index (χ2n) is 6.26. The Morgan fingerprint density at radius 3 is 2.52 bits per heavy atom. The zero-order valence-electron chi connectivity index (χ0n) is 16.4. The van der Waals surface area contributed by atoms with Gasteiger partial charge in [-0.25, -0.2) is 0 Å². The van der Waals surface area contributed by atoms with Crippen LogP contribution < -0.4 is 19.7 Å². The van der Waals surface area contributed by atoms with E-state index in [0.29, 0.717) is 43.6 Å². The second kappa shape index (κ2) is 9.28. The average molecular weight is 404 g/mol. The fourth-order valence-electron chi connectivity index (χ4n) is 3.05. The van der Waals surface area contributed by atoms with Crippen LogP contribution >= 0.6 is 0 Å². The first-order valence-corrected chi connectivity index (χ1v) is 9.44. The normalized spacial score (nSPS) is 13.8. The highest BCUT2D eigenvalue weighted by molar-refractivity contribution is 6.04. The molecule has 29 heavy (non-hydrogen) atoms. The first-order chi connectivity index (χ1) is 14.0. The highest BCUT2D eigenvalue weighted by atomic mass is 16.6. The minimum absolute atomic E-state index is 0.0781. The molecule has 0 aliphatic carbocycles. The fourth-order valence-corrected chi connectivity index (χ4v) is 3.05. The Balaban J connectivity index is 1.92. The Morgan fingerprint density at radius 1 is 1.21 bits per heavy atom. The summed E-state index contributed by atoms with van der Waals surface area (Å²) in [5, 5.41) is 13.6. The molecular weight excluding hydrogens is 380 g/mol. The van der Waals surface area contributed by atoms with Gasteiger partial charge in [-0.3, -0.25) is 14.9 Å². The van der Waals surface area contributed by atoms with Crippen LogP contribution in [0.25, 0.3) is 0 Å².